The topological polar surface area (TPSA) is 39.3 Å². The van der Waals surface area contributed by atoms with Gasteiger partial charge in [0.05, 0.1) is 12.5 Å². The molecule has 1 fully saturated rings. The Kier molecular flexibility index (Phi) is 4.06. The molecule has 28 heavy (non-hydrogen) atoms. The van der Waals surface area contributed by atoms with Crippen LogP contribution in [-0.2, 0) is 16.6 Å². The second kappa shape index (κ2) is 6.49. The molecule has 1 saturated heterocycles. The van der Waals surface area contributed by atoms with Crippen LogP contribution in [0.25, 0.3) is 10.9 Å². The molecule has 3 heterocycles. The first-order chi connectivity index (χ1) is 13.5. The van der Waals surface area contributed by atoms with E-state index in [-0.39, 0.29) is 11.3 Å². The van der Waals surface area contributed by atoms with Crippen molar-refractivity contribution in [3.05, 3.63) is 71.4 Å². The number of benzene rings is 2. The molecule has 1 amide bonds. The van der Waals surface area contributed by atoms with E-state index < -0.39 is 0 Å². The van der Waals surface area contributed by atoms with Gasteiger partial charge in [0.2, 0.25) is 5.91 Å². The summed E-state index contributed by atoms with van der Waals surface area (Å²) in [7, 11) is 0. The minimum Gasteiger partial charge on any atom is -0.361 e. The Balaban J connectivity index is 1.38. The van der Waals surface area contributed by atoms with Crippen LogP contribution in [0.5, 0.6) is 0 Å². The molecule has 1 N–H and O–H groups in total. The molecule has 5 rings (SSSR count). The number of hydrogen-bond acceptors (Lipinski definition) is 2. The first kappa shape index (κ1) is 17.5. The molecule has 0 radical (unpaired) electrons. The highest BCUT2D eigenvalue weighted by molar-refractivity contribution is 5.89. The van der Waals surface area contributed by atoms with Gasteiger partial charge in [-0.2, -0.15) is 0 Å². The number of hydrogen-bond donors (Lipinski definition) is 1. The Bertz CT molecular complexity index is 1040. The van der Waals surface area contributed by atoms with Gasteiger partial charge in [0.15, 0.2) is 0 Å². The maximum Gasteiger partial charge on any atom is 0.227 e. The lowest BCUT2D eigenvalue weighted by molar-refractivity contribution is -0.134. The minimum atomic E-state index is 0.156. The molecule has 4 heteroatoms. The number of carbonyl (C=O) groups is 1. The summed E-state index contributed by atoms with van der Waals surface area (Å²) in [6, 6.07) is 17.3. The van der Waals surface area contributed by atoms with Crippen LogP contribution in [0.15, 0.2) is 54.7 Å². The van der Waals surface area contributed by atoms with Crippen molar-refractivity contribution in [2.75, 3.05) is 26.2 Å². The molecule has 1 unspecified atom stereocenters. The second-order valence-corrected chi connectivity index (χ2v) is 8.83. The molecule has 2 aliphatic heterocycles. The lowest BCUT2D eigenvalue weighted by atomic mass is 9.75. The highest BCUT2D eigenvalue weighted by Crippen LogP contribution is 2.41. The summed E-state index contributed by atoms with van der Waals surface area (Å²) in [5, 5.41) is 1.15. The molecule has 0 aliphatic carbocycles. The van der Waals surface area contributed by atoms with Gasteiger partial charge in [0.1, 0.15) is 0 Å². The minimum absolute atomic E-state index is 0.156. The van der Waals surface area contributed by atoms with Crippen molar-refractivity contribution in [3.63, 3.8) is 0 Å². The Morgan fingerprint density at radius 1 is 1.11 bits per heavy atom. The van der Waals surface area contributed by atoms with Crippen LogP contribution in [0.1, 0.15) is 36.6 Å². The van der Waals surface area contributed by atoms with Gasteiger partial charge in [-0.3, -0.25) is 9.69 Å². The van der Waals surface area contributed by atoms with E-state index in [1.807, 2.05) is 18.3 Å². The number of aromatic nitrogens is 1. The Morgan fingerprint density at radius 2 is 1.89 bits per heavy atom. The molecule has 2 aliphatic rings. The SMILES string of the molecule is CC1(C)CN2CCN(C(=O)Cc3c[nH]c4ccccc34)CC2c2ccccc21. The summed E-state index contributed by atoms with van der Waals surface area (Å²) in [4.78, 5) is 21.0. The number of nitrogens with one attached hydrogen (secondary N) is 1. The monoisotopic (exact) mass is 373 g/mol. The standard InChI is InChI=1S/C24H27N3O/c1-24(2)16-27-12-11-26(15-22(27)19-8-3-5-9-20(19)24)23(28)13-17-14-25-21-10-6-4-7-18(17)21/h3-10,14,22,25H,11-13,15-16H2,1-2H3. The third-order valence-corrected chi connectivity index (χ3v) is 6.51. The van der Waals surface area contributed by atoms with Gasteiger partial charge in [0, 0.05) is 48.7 Å². The van der Waals surface area contributed by atoms with Crippen molar-refractivity contribution >= 4 is 16.8 Å². The van der Waals surface area contributed by atoms with Crippen LogP contribution in [0, 0.1) is 0 Å². The number of fused-ring (bicyclic) bond motifs is 4. The predicted molar refractivity (Wildman–Crippen MR) is 112 cm³/mol. The lowest BCUT2D eigenvalue weighted by Crippen LogP contribution is -2.56. The molecule has 0 saturated carbocycles. The van der Waals surface area contributed by atoms with Crippen molar-refractivity contribution in [1.82, 2.24) is 14.8 Å². The number of amides is 1. The molecule has 0 bridgehead atoms. The second-order valence-electron chi connectivity index (χ2n) is 8.83. The van der Waals surface area contributed by atoms with Gasteiger partial charge in [-0.15, -0.1) is 0 Å². The first-order valence-corrected chi connectivity index (χ1v) is 10.2. The van der Waals surface area contributed by atoms with E-state index in [1.165, 1.54) is 11.1 Å². The zero-order valence-electron chi connectivity index (χ0n) is 16.6. The summed E-state index contributed by atoms with van der Waals surface area (Å²) < 4.78 is 0. The fraction of sp³-hybridized carbons (Fsp3) is 0.375. The smallest absolute Gasteiger partial charge is 0.227 e. The molecular formula is C24H27N3O. The third-order valence-electron chi connectivity index (χ3n) is 6.51. The van der Waals surface area contributed by atoms with Gasteiger partial charge in [-0.1, -0.05) is 56.3 Å². The van der Waals surface area contributed by atoms with Crippen molar-refractivity contribution < 1.29 is 4.79 Å². The van der Waals surface area contributed by atoms with Crippen LogP contribution >= 0.6 is 0 Å². The highest BCUT2D eigenvalue weighted by Gasteiger charge is 2.40. The molecular weight excluding hydrogens is 346 g/mol. The highest BCUT2D eigenvalue weighted by atomic mass is 16.2. The molecule has 144 valence electrons. The number of nitrogens with zero attached hydrogens (tertiary/aromatic N) is 2. The molecule has 0 spiro atoms. The van der Waals surface area contributed by atoms with Gasteiger partial charge in [-0.25, -0.2) is 0 Å². The van der Waals surface area contributed by atoms with Crippen LogP contribution in [0.2, 0.25) is 0 Å². The van der Waals surface area contributed by atoms with Gasteiger partial charge >= 0.3 is 0 Å². The van der Waals surface area contributed by atoms with Crippen molar-refractivity contribution in [3.8, 4) is 0 Å². The largest absolute Gasteiger partial charge is 0.361 e. The zero-order chi connectivity index (χ0) is 19.3. The fourth-order valence-electron chi connectivity index (χ4n) is 5.08. The first-order valence-electron chi connectivity index (χ1n) is 10.2. The van der Waals surface area contributed by atoms with Crippen LogP contribution in [0.4, 0.5) is 0 Å². The molecule has 1 atom stereocenters. The summed E-state index contributed by atoms with van der Waals surface area (Å²) >= 11 is 0. The van der Waals surface area contributed by atoms with E-state index in [0.29, 0.717) is 12.5 Å². The molecule has 2 aromatic carbocycles. The normalized spacial score (nSPS) is 21.4. The van der Waals surface area contributed by atoms with E-state index in [0.717, 1.165) is 42.6 Å². The van der Waals surface area contributed by atoms with Crippen LogP contribution < -0.4 is 0 Å². The van der Waals surface area contributed by atoms with Crippen LogP contribution in [0.3, 0.4) is 0 Å². The summed E-state index contributed by atoms with van der Waals surface area (Å²) in [5.41, 5.74) is 5.17. The number of para-hydroxylation sites is 1. The number of piperazine rings is 1. The number of H-pyrrole nitrogens is 1. The summed E-state index contributed by atoms with van der Waals surface area (Å²) in [6.45, 7) is 8.26. The molecule has 3 aromatic rings. The lowest BCUT2D eigenvalue weighted by Gasteiger charge is -2.50. The van der Waals surface area contributed by atoms with E-state index in [4.69, 9.17) is 0 Å². The number of rotatable bonds is 2. The van der Waals surface area contributed by atoms with E-state index >= 15 is 0 Å². The average Bonchev–Trinajstić information content (AvgIpc) is 3.10. The number of carbonyl (C=O) groups excluding carboxylic acids is 1. The van der Waals surface area contributed by atoms with E-state index in [1.54, 1.807) is 0 Å². The van der Waals surface area contributed by atoms with Crippen LogP contribution in [-0.4, -0.2) is 46.9 Å². The van der Waals surface area contributed by atoms with Gasteiger partial charge in [0.25, 0.3) is 0 Å². The van der Waals surface area contributed by atoms with E-state index in [9.17, 15) is 4.79 Å². The van der Waals surface area contributed by atoms with E-state index in [2.05, 4.69) is 65.0 Å². The van der Waals surface area contributed by atoms with Crippen molar-refractivity contribution in [2.45, 2.75) is 31.7 Å². The maximum atomic E-state index is 13.1. The van der Waals surface area contributed by atoms with Crippen molar-refractivity contribution in [2.24, 2.45) is 0 Å². The average molecular weight is 374 g/mol. The molecule has 1 aromatic heterocycles. The zero-order valence-corrected chi connectivity index (χ0v) is 16.6. The number of aromatic amines is 1. The summed E-state index contributed by atoms with van der Waals surface area (Å²) in [6.07, 6.45) is 2.45. The third kappa shape index (κ3) is 2.83. The van der Waals surface area contributed by atoms with Gasteiger partial charge < -0.3 is 9.88 Å². The van der Waals surface area contributed by atoms with Gasteiger partial charge in [-0.05, 0) is 22.8 Å². The Hall–Kier alpha value is -2.59. The molecule has 4 nitrogen and oxygen atoms in total. The predicted octanol–water partition coefficient (Wildman–Crippen LogP) is 3.89. The Labute approximate surface area is 166 Å². The summed E-state index contributed by atoms with van der Waals surface area (Å²) in [5.74, 6) is 0.228. The fourth-order valence-corrected chi connectivity index (χ4v) is 5.08. The maximum absolute atomic E-state index is 13.1. The Morgan fingerprint density at radius 3 is 2.79 bits per heavy atom. The van der Waals surface area contributed by atoms with Crippen molar-refractivity contribution in [1.29, 1.82) is 0 Å². The quantitative estimate of drug-likeness (QED) is 0.740.